The van der Waals surface area contributed by atoms with Gasteiger partial charge in [0, 0.05) is 53.8 Å². The summed E-state index contributed by atoms with van der Waals surface area (Å²) >= 11 is 0. The van der Waals surface area contributed by atoms with Crippen molar-refractivity contribution in [3.05, 3.63) is 89.2 Å². The Balaban J connectivity index is 1.46. The lowest BCUT2D eigenvalue weighted by molar-refractivity contribution is -0.132. The van der Waals surface area contributed by atoms with Gasteiger partial charge < -0.3 is 26.6 Å². The van der Waals surface area contributed by atoms with Gasteiger partial charge in [0.1, 0.15) is 0 Å². The van der Waals surface area contributed by atoms with Gasteiger partial charge in [0.15, 0.2) is 0 Å². The molecule has 9 heteroatoms. The molecule has 9 nitrogen and oxygen atoms in total. The molecule has 2 aliphatic rings. The van der Waals surface area contributed by atoms with E-state index in [1.165, 1.54) is 16.3 Å². The zero-order valence-electron chi connectivity index (χ0n) is 22.5. The van der Waals surface area contributed by atoms with Crippen molar-refractivity contribution >= 4 is 17.9 Å². The molecule has 1 heterocycles. The van der Waals surface area contributed by atoms with Crippen molar-refractivity contribution in [2.45, 2.75) is 38.5 Å². The summed E-state index contributed by atoms with van der Waals surface area (Å²) in [6.07, 6.45) is 7.34. The van der Waals surface area contributed by atoms with E-state index in [0.29, 0.717) is 17.8 Å². The second kappa shape index (κ2) is 10.1. The number of nitrogens with one attached hydrogen (secondary N) is 2. The number of nitrogens with two attached hydrogens (primary N) is 2. The number of aliphatic carboxylic acids is 1. The smallest absolute Gasteiger partial charge is 0.339 e. The van der Waals surface area contributed by atoms with E-state index >= 15 is 0 Å². The number of hydrogen-bond acceptors (Lipinski definition) is 7. The summed E-state index contributed by atoms with van der Waals surface area (Å²) in [5.74, 6) is 4.35. The molecule has 1 fully saturated rings. The third-order valence-electron chi connectivity index (χ3n) is 7.68. The van der Waals surface area contributed by atoms with Gasteiger partial charge in [-0.2, -0.15) is 5.10 Å². The molecule has 1 saturated carbocycles. The fourth-order valence-corrected chi connectivity index (χ4v) is 5.62. The lowest BCUT2D eigenvalue weighted by atomic mass is 9.90. The van der Waals surface area contributed by atoms with Crippen LogP contribution in [-0.2, 0) is 16.6 Å². The van der Waals surface area contributed by atoms with E-state index in [4.69, 9.17) is 22.1 Å². The molecule has 0 saturated heterocycles. The molecule has 3 aromatic rings. The number of carboxylic acid groups (broad SMARTS) is 1. The molecule has 2 aliphatic carbocycles. The van der Waals surface area contributed by atoms with Gasteiger partial charge in [-0.05, 0) is 60.2 Å². The summed E-state index contributed by atoms with van der Waals surface area (Å²) in [7, 11) is 1.68. The number of hydrogen-bond donors (Lipinski definition) is 5. The average molecular weight is 526 g/mol. The molecular formula is C30H35N7O2. The Morgan fingerprint density at radius 2 is 1.92 bits per heavy atom. The summed E-state index contributed by atoms with van der Waals surface area (Å²) in [4.78, 5) is 12.0. The van der Waals surface area contributed by atoms with Crippen LogP contribution in [0.15, 0.2) is 77.9 Å². The minimum Gasteiger partial charge on any atom is -0.478 e. The quantitative estimate of drug-likeness (QED) is 0.120. The maximum absolute atomic E-state index is 12.0. The van der Waals surface area contributed by atoms with E-state index in [0.717, 1.165) is 41.6 Å². The number of rotatable bonds is 9. The minimum atomic E-state index is -1.16. The van der Waals surface area contributed by atoms with Crippen LogP contribution >= 0.6 is 0 Å². The lowest BCUT2D eigenvalue weighted by Crippen LogP contribution is -2.22. The number of carbonyl (C=O) groups is 1. The first-order chi connectivity index (χ1) is 18.6. The van der Waals surface area contributed by atoms with Gasteiger partial charge in [-0.1, -0.05) is 38.1 Å². The van der Waals surface area contributed by atoms with Crippen molar-refractivity contribution in [1.29, 1.82) is 5.41 Å². The van der Waals surface area contributed by atoms with Crippen LogP contribution in [0.4, 0.5) is 5.69 Å². The van der Waals surface area contributed by atoms with Crippen molar-refractivity contribution in [3.63, 3.8) is 0 Å². The van der Waals surface area contributed by atoms with Gasteiger partial charge in [0.05, 0.1) is 23.2 Å². The normalized spacial score (nSPS) is 20.2. The Morgan fingerprint density at radius 3 is 2.62 bits per heavy atom. The van der Waals surface area contributed by atoms with E-state index in [1.54, 1.807) is 13.2 Å². The topological polar surface area (TPSA) is 146 Å². The molecule has 7 N–H and O–H groups in total. The van der Waals surface area contributed by atoms with Gasteiger partial charge in [-0.3, -0.25) is 0 Å². The first-order valence-electron chi connectivity index (χ1n) is 13.1. The zero-order valence-corrected chi connectivity index (χ0v) is 22.5. The predicted octanol–water partition coefficient (Wildman–Crippen LogP) is 4.40. The summed E-state index contributed by atoms with van der Waals surface area (Å²) < 4.78 is 2.06. The number of nitrogens with zero attached hydrogens (tertiary/aromatic N) is 3. The van der Waals surface area contributed by atoms with E-state index in [-0.39, 0.29) is 22.8 Å². The van der Waals surface area contributed by atoms with Gasteiger partial charge in [-0.15, -0.1) is 0 Å². The monoisotopic (exact) mass is 525 g/mol. The fourth-order valence-electron chi connectivity index (χ4n) is 5.62. The summed E-state index contributed by atoms with van der Waals surface area (Å²) in [6.45, 7) is 4.53. The van der Waals surface area contributed by atoms with Crippen LogP contribution in [0.5, 0.6) is 0 Å². The zero-order chi connectivity index (χ0) is 27.9. The van der Waals surface area contributed by atoms with Crippen LogP contribution in [0, 0.1) is 17.2 Å². The second-order valence-corrected chi connectivity index (χ2v) is 11.1. The highest BCUT2D eigenvalue weighted by molar-refractivity contribution is 6.09. The Labute approximate surface area is 228 Å². The minimum absolute atomic E-state index is 0.0484. The third-order valence-corrected chi connectivity index (χ3v) is 7.68. The molecule has 5 rings (SSSR count). The number of benzene rings is 2. The lowest BCUT2D eigenvalue weighted by Gasteiger charge is -2.21. The van der Waals surface area contributed by atoms with Crippen LogP contribution < -0.4 is 16.9 Å². The number of allylic oxidation sites excluding steroid dienone is 2. The molecule has 0 amide bonds. The Morgan fingerprint density at radius 1 is 1.21 bits per heavy atom. The van der Waals surface area contributed by atoms with E-state index in [9.17, 15) is 9.90 Å². The van der Waals surface area contributed by atoms with Crippen LogP contribution in [0.25, 0.3) is 16.8 Å². The molecular weight excluding hydrogens is 490 g/mol. The number of aryl methyl sites for hydroxylation is 1. The summed E-state index contributed by atoms with van der Waals surface area (Å²) in [6, 6.07) is 16.1. The highest BCUT2D eigenvalue weighted by Gasteiger charge is 2.44. The van der Waals surface area contributed by atoms with Crippen LogP contribution in [0.3, 0.4) is 0 Å². The summed E-state index contributed by atoms with van der Waals surface area (Å²) in [5, 5.41) is 26.9. The SMILES string of the molecule is CN(N)/C=C(\N)C1C[C@H]1/C(Nc1cccc(-c2cccc(-n3ncc4c3C(C)(C)CC4)c2)c1)=C(/C=N)C(=O)O. The van der Waals surface area contributed by atoms with Crippen molar-refractivity contribution in [1.82, 2.24) is 14.8 Å². The van der Waals surface area contributed by atoms with Crippen molar-refractivity contribution in [3.8, 4) is 16.8 Å². The maximum atomic E-state index is 12.0. The van der Waals surface area contributed by atoms with Gasteiger partial charge in [0.2, 0.25) is 0 Å². The van der Waals surface area contributed by atoms with E-state index in [2.05, 4.69) is 42.0 Å². The summed E-state index contributed by atoms with van der Waals surface area (Å²) in [5.41, 5.74) is 13.6. The Kier molecular flexibility index (Phi) is 6.78. The number of fused-ring (bicyclic) bond motifs is 1. The number of aromatic nitrogens is 2. The molecule has 39 heavy (non-hydrogen) atoms. The number of hydrazine groups is 1. The largest absolute Gasteiger partial charge is 0.478 e. The maximum Gasteiger partial charge on any atom is 0.339 e. The number of carboxylic acids is 1. The van der Waals surface area contributed by atoms with Gasteiger partial charge in [-0.25, -0.2) is 15.3 Å². The molecule has 0 aliphatic heterocycles. The Hall–Kier alpha value is -4.37. The van der Waals surface area contributed by atoms with E-state index < -0.39 is 5.97 Å². The molecule has 0 radical (unpaired) electrons. The van der Waals surface area contributed by atoms with Gasteiger partial charge >= 0.3 is 5.97 Å². The highest BCUT2D eigenvalue weighted by Crippen LogP contribution is 2.48. The van der Waals surface area contributed by atoms with E-state index in [1.807, 2.05) is 36.5 Å². The first-order valence-corrected chi connectivity index (χ1v) is 13.1. The number of anilines is 1. The van der Waals surface area contributed by atoms with Crippen molar-refractivity contribution < 1.29 is 9.90 Å². The molecule has 2 aromatic carbocycles. The van der Waals surface area contributed by atoms with Crippen molar-refractivity contribution in [2.75, 3.05) is 12.4 Å². The van der Waals surface area contributed by atoms with Crippen molar-refractivity contribution in [2.24, 2.45) is 23.4 Å². The fraction of sp³-hybridized carbons (Fsp3) is 0.300. The van der Waals surface area contributed by atoms with Crippen LogP contribution in [0.1, 0.15) is 37.9 Å². The van der Waals surface area contributed by atoms with Crippen LogP contribution in [0.2, 0.25) is 0 Å². The van der Waals surface area contributed by atoms with Crippen LogP contribution in [-0.4, -0.2) is 39.1 Å². The highest BCUT2D eigenvalue weighted by atomic mass is 16.4. The molecule has 0 spiro atoms. The predicted molar refractivity (Wildman–Crippen MR) is 153 cm³/mol. The third kappa shape index (κ3) is 5.18. The molecule has 202 valence electrons. The molecule has 1 aromatic heterocycles. The average Bonchev–Trinajstić information content (AvgIpc) is 3.47. The molecule has 0 bridgehead atoms. The standard InChI is InChI=1S/C30H35N7O2/c1-30(2)11-10-20-16-34-37(28(20)30)22-9-5-7-19(13-22)18-6-4-8-21(12-18)35-27(25(15-31)29(38)39)24-14-23(24)26(32)17-36(3)33/h4-9,12-13,15-17,23-24,31,35H,10-11,14,32-33H2,1-3H3,(H,38,39)/b26-17-,27-25+,31-15?/t23?,24-/m1/s1. The molecule has 2 atom stereocenters. The second-order valence-electron chi connectivity index (χ2n) is 11.1. The first kappa shape index (κ1) is 26.2. The Bertz CT molecular complexity index is 1500. The van der Waals surface area contributed by atoms with Gasteiger partial charge in [0.25, 0.3) is 0 Å². The molecule has 1 unspecified atom stereocenters.